The van der Waals surface area contributed by atoms with Crippen LogP contribution in [0.5, 0.6) is 5.75 Å². The van der Waals surface area contributed by atoms with Crippen molar-refractivity contribution in [3.05, 3.63) is 118 Å². The Morgan fingerprint density at radius 1 is 1.08 bits per heavy atom. The number of carbonyl (C=O) groups is 2. The zero-order chi connectivity index (χ0) is 35.5. The number of rotatable bonds is 7. The first-order valence-electron chi connectivity index (χ1n) is 16.3. The zero-order valence-electron chi connectivity index (χ0n) is 28.6. The van der Waals surface area contributed by atoms with Crippen LogP contribution in [0.3, 0.4) is 0 Å². The number of nitrogens with zero attached hydrogens (tertiary/aromatic N) is 5. The van der Waals surface area contributed by atoms with Crippen LogP contribution in [-0.2, 0) is 16.6 Å². The number of benzene rings is 2. The summed E-state index contributed by atoms with van der Waals surface area (Å²) >= 11 is 7.78. The molecule has 3 heterocycles. The summed E-state index contributed by atoms with van der Waals surface area (Å²) in [6.45, 7) is 3.89. The van der Waals surface area contributed by atoms with E-state index in [1.807, 2.05) is 69.3 Å². The largest absolute Gasteiger partial charge is 0.507 e. The topological polar surface area (TPSA) is 104 Å². The van der Waals surface area contributed by atoms with E-state index in [0.717, 1.165) is 40.9 Å². The number of aryl methyl sites for hydroxylation is 3. The molecule has 1 saturated heterocycles. The highest BCUT2D eigenvalue weighted by Gasteiger charge is 2.45. The molecule has 2 amide bonds. The van der Waals surface area contributed by atoms with Crippen LogP contribution < -0.4 is 5.32 Å². The molecule has 11 heteroatoms. The molecule has 3 atom stereocenters. The summed E-state index contributed by atoms with van der Waals surface area (Å²) < 4.78 is 1.64. The van der Waals surface area contributed by atoms with Crippen LogP contribution in [0.4, 0.5) is 5.69 Å². The molecule has 6 rings (SSSR count). The molecule has 9 nitrogen and oxygen atoms in total. The Hall–Kier alpha value is -4.82. The van der Waals surface area contributed by atoms with Crippen LogP contribution in [0.15, 0.2) is 84.6 Å². The second-order valence-electron chi connectivity index (χ2n) is 12.7. The first-order valence-corrected chi connectivity index (χ1v) is 17.8. The van der Waals surface area contributed by atoms with Gasteiger partial charge in [-0.25, -0.2) is 0 Å². The van der Waals surface area contributed by atoms with E-state index in [0.29, 0.717) is 33.3 Å². The third-order valence-corrected chi connectivity index (χ3v) is 10.2. The number of phenolic OH excluding ortho intramolecular Hbond substituents is 1. The minimum absolute atomic E-state index is 0.0648. The van der Waals surface area contributed by atoms with Gasteiger partial charge in [-0.3, -0.25) is 24.2 Å². The molecule has 0 saturated carbocycles. The number of allylic oxidation sites excluding steroid dienone is 3. The van der Waals surface area contributed by atoms with Gasteiger partial charge < -0.3 is 15.3 Å². The summed E-state index contributed by atoms with van der Waals surface area (Å²) in [4.78, 5) is 36.8. The number of aromatic hydroxyl groups is 1. The molecule has 4 aromatic rings. The van der Waals surface area contributed by atoms with Crippen molar-refractivity contribution in [2.24, 2.45) is 7.05 Å². The molecule has 1 unspecified atom stereocenters. The number of anilines is 1. The Balaban J connectivity index is 1.24. The number of aromatic nitrogens is 3. The highest BCUT2D eigenvalue weighted by molar-refractivity contribution is 7.99. The fraction of sp³-hybridized carbons (Fsp3) is 0.282. The fourth-order valence-electron chi connectivity index (χ4n) is 6.42. The van der Waals surface area contributed by atoms with Crippen LogP contribution in [0.1, 0.15) is 46.3 Å². The number of hydrogen-bond acceptors (Lipinski definition) is 7. The lowest BCUT2D eigenvalue weighted by molar-refractivity contribution is -0.141. The molecular weight excluding hydrogens is 668 g/mol. The molecule has 1 fully saturated rings. The van der Waals surface area contributed by atoms with Crippen molar-refractivity contribution in [2.45, 2.75) is 44.1 Å². The van der Waals surface area contributed by atoms with Crippen molar-refractivity contribution in [3.63, 3.8) is 0 Å². The van der Waals surface area contributed by atoms with E-state index in [4.69, 9.17) is 11.6 Å². The van der Waals surface area contributed by atoms with Gasteiger partial charge >= 0.3 is 0 Å². The van der Waals surface area contributed by atoms with E-state index in [-0.39, 0.29) is 22.9 Å². The van der Waals surface area contributed by atoms with Gasteiger partial charge in [0.1, 0.15) is 28.9 Å². The van der Waals surface area contributed by atoms with E-state index in [1.54, 1.807) is 58.9 Å². The van der Waals surface area contributed by atoms with Gasteiger partial charge in [0, 0.05) is 52.2 Å². The van der Waals surface area contributed by atoms with Gasteiger partial charge in [0.15, 0.2) is 0 Å². The molecule has 256 valence electrons. The zero-order valence-corrected chi connectivity index (χ0v) is 30.2. The Morgan fingerprint density at radius 2 is 1.82 bits per heavy atom. The van der Waals surface area contributed by atoms with Gasteiger partial charge in [-0.1, -0.05) is 41.7 Å². The highest BCUT2D eigenvalue weighted by Crippen LogP contribution is 2.43. The summed E-state index contributed by atoms with van der Waals surface area (Å²) in [5.41, 5.74) is 6.74. The second-order valence-corrected chi connectivity index (χ2v) is 14.3. The maximum Gasteiger partial charge on any atom is 0.248 e. The molecule has 0 bridgehead atoms. The monoisotopic (exact) mass is 706 g/mol. The van der Waals surface area contributed by atoms with E-state index in [2.05, 4.69) is 33.3 Å². The summed E-state index contributed by atoms with van der Waals surface area (Å²) in [5.74, 6) is 6.50. The van der Waals surface area contributed by atoms with Crippen molar-refractivity contribution < 1.29 is 14.7 Å². The van der Waals surface area contributed by atoms with Crippen molar-refractivity contribution in [2.75, 3.05) is 25.2 Å². The number of hydrogen-bond donors (Lipinski definition) is 2. The Kier molecular flexibility index (Phi) is 10.5. The molecule has 0 radical (unpaired) electrons. The van der Waals surface area contributed by atoms with Crippen LogP contribution >= 0.6 is 23.4 Å². The molecule has 2 N–H and O–H groups in total. The Labute approximate surface area is 302 Å². The number of pyridine rings is 1. The van der Waals surface area contributed by atoms with Gasteiger partial charge in [0.25, 0.3) is 0 Å². The lowest BCUT2D eigenvalue weighted by atomic mass is 9.95. The highest BCUT2D eigenvalue weighted by atomic mass is 35.5. The molecule has 1 aliphatic heterocycles. The predicted octanol–water partition coefficient (Wildman–Crippen LogP) is 6.65. The first-order chi connectivity index (χ1) is 24.0. The average Bonchev–Trinajstić information content (AvgIpc) is 3.69. The summed E-state index contributed by atoms with van der Waals surface area (Å²) in [6.07, 6.45) is 9.60. The van der Waals surface area contributed by atoms with Crippen LogP contribution in [0, 0.1) is 25.7 Å². The van der Waals surface area contributed by atoms with E-state index >= 15 is 0 Å². The predicted molar refractivity (Wildman–Crippen MR) is 200 cm³/mol. The van der Waals surface area contributed by atoms with Crippen molar-refractivity contribution in [1.82, 2.24) is 24.6 Å². The summed E-state index contributed by atoms with van der Waals surface area (Å²) in [6, 6.07) is 14.9. The number of phenols is 1. The van der Waals surface area contributed by atoms with Gasteiger partial charge in [-0.05, 0) is 107 Å². The Bertz CT molecular complexity index is 2040. The minimum atomic E-state index is -0.681. The average molecular weight is 707 g/mol. The molecule has 1 aliphatic carbocycles. The molecule has 0 spiro atoms. The maximum absolute atomic E-state index is 14.6. The van der Waals surface area contributed by atoms with Crippen LogP contribution in [-0.4, -0.2) is 73.4 Å². The van der Waals surface area contributed by atoms with E-state index < -0.39 is 12.1 Å². The Morgan fingerprint density at radius 3 is 2.50 bits per heavy atom. The number of amides is 2. The minimum Gasteiger partial charge on any atom is -0.507 e. The molecule has 50 heavy (non-hydrogen) atoms. The number of likely N-dealkylation sites (N-methyl/N-ethyl adjacent to an activating group) is 1. The van der Waals surface area contributed by atoms with Gasteiger partial charge in [-0.2, -0.15) is 5.10 Å². The maximum atomic E-state index is 14.6. The summed E-state index contributed by atoms with van der Waals surface area (Å²) in [5, 5.41) is 18.1. The number of carbonyl (C=O) groups excluding carboxylic acids is 2. The van der Waals surface area contributed by atoms with Crippen molar-refractivity contribution >= 4 is 40.9 Å². The summed E-state index contributed by atoms with van der Waals surface area (Å²) in [7, 11) is 5.62. The lowest BCUT2D eigenvalue weighted by Crippen LogP contribution is -2.53. The quantitative estimate of drug-likeness (QED) is 0.208. The molecular formula is C39H39ClN6O3S. The second kappa shape index (κ2) is 15.0. The first kappa shape index (κ1) is 35.0. The molecule has 2 aromatic carbocycles. The number of halogens is 1. The van der Waals surface area contributed by atoms with Crippen molar-refractivity contribution in [3.8, 4) is 28.8 Å². The van der Waals surface area contributed by atoms with Crippen LogP contribution in [0.25, 0.3) is 11.3 Å². The fourth-order valence-corrected chi connectivity index (χ4v) is 8.01. The number of nitrogens with one attached hydrogen (secondary N) is 1. The van der Waals surface area contributed by atoms with Gasteiger partial charge in [0.05, 0.1) is 5.56 Å². The van der Waals surface area contributed by atoms with Crippen LogP contribution in [0.2, 0.25) is 5.02 Å². The molecule has 2 aliphatic rings. The normalized spacial score (nSPS) is 17.7. The lowest BCUT2D eigenvalue weighted by Gasteiger charge is -2.36. The molecule has 2 aromatic heterocycles. The van der Waals surface area contributed by atoms with Gasteiger partial charge in [0.2, 0.25) is 11.8 Å². The standard InChI is InChI=1S/C39H39ClN6O3S/c1-24-19-29(20-25(2)41-24)39-46(38(49)36(44(3)4)27-9-7-6-8-10-27)33(23-50-39)37(48)42-31-16-12-26(13-17-31)11-14-28-22-45(5)43-35(28)32-21-30(40)15-18-34(32)47/h6-7,9,12-13,15-22,33,36,39,47H,8,10,23H2,1-5H3,(H,42,48)/t33-,36+,39?/m0/s1. The van der Waals surface area contributed by atoms with E-state index in [9.17, 15) is 14.7 Å². The van der Waals surface area contributed by atoms with Gasteiger partial charge in [-0.15, -0.1) is 11.8 Å². The third kappa shape index (κ3) is 7.65. The van der Waals surface area contributed by atoms with E-state index in [1.165, 1.54) is 6.07 Å². The third-order valence-electron chi connectivity index (χ3n) is 8.63. The van der Waals surface area contributed by atoms with Crippen molar-refractivity contribution in [1.29, 1.82) is 0 Å². The SMILES string of the molecule is Cc1cc(C2SC[C@@H](C(=O)Nc3ccc(C#Cc4cn(C)nc4-c4cc(Cl)ccc4O)cc3)N2C(=O)[C@@H](C2=CC=CCC2)N(C)C)cc(C)n1. The number of thioether (sulfide) groups is 1. The smallest absolute Gasteiger partial charge is 0.248 e.